The number of thiophene rings is 1. The monoisotopic (exact) mass is 668 g/mol. The van der Waals surface area contributed by atoms with Crippen LogP contribution in [0.3, 0.4) is 0 Å². The van der Waals surface area contributed by atoms with Gasteiger partial charge in [-0.15, -0.1) is 11.3 Å². The Morgan fingerprint density at radius 2 is 0.961 bits per heavy atom. The number of fused-ring (bicyclic) bond motifs is 12. The maximum absolute atomic E-state index is 5.40. The van der Waals surface area contributed by atoms with E-state index in [9.17, 15) is 0 Å². The average molecular weight is 669 g/mol. The molecule has 0 amide bonds. The minimum atomic E-state index is 0.698. The van der Waals surface area contributed by atoms with Crippen molar-refractivity contribution >= 4 is 75.1 Å². The van der Waals surface area contributed by atoms with Crippen molar-refractivity contribution < 1.29 is 0 Å². The maximum Gasteiger partial charge on any atom is 0.162 e. The number of benzene rings is 7. The zero-order valence-corrected chi connectivity index (χ0v) is 28.2. The van der Waals surface area contributed by atoms with Gasteiger partial charge in [0, 0.05) is 64.6 Å². The molecule has 5 heteroatoms. The minimum Gasteiger partial charge on any atom is -0.308 e. The topological polar surface area (TPSA) is 35.6 Å². The number of hydrogen-bond acceptors (Lipinski definition) is 3. The van der Waals surface area contributed by atoms with E-state index < -0.39 is 0 Å². The molecule has 0 bridgehead atoms. The summed E-state index contributed by atoms with van der Waals surface area (Å²) in [5.41, 5.74) is 8.73. The molecule has 0 N–H and O–H groups in total. The molecule has 4 aromatic heterocycles. The Bertz CT molecular complexity index is 3060. The zero-order chi connectivity index (χ0) is 33.5. The van der Waals surface area contributed by atoms with E-state index in [1.807, 2.05) is 35.6 Å². The highest BCUT2D eigenvalue weighted by molar-refractivity contribution is 7.27. The summed E-state index contributed by atoms with van der Waals surface area (Å²) < 4.78 is 7.44. The van der Waals surface area contributed by atoms with Crippen LogP contribution in [0.25, 0.3) is 97.9 Å². The first kappa shape index (κ1) is 28.3. The minimum absolute atomic E-state index is 0.698. The molecule has 7 aromatic carbocycles. The molecule has 0 saturated heterocycles. The van der Waals surface area contributed by atoms with Crippen molar-refractivity contribution in [3.63, 3.8) is 0 Å². The molecule has 4 nitrogen and oxygen atoms in total. The second-order valence-corrected chi connectivity index (χ2v) is 14.0. The molecule has 0 aliphatic rings. The zero-order valence-electron chi connectivity index (χ0n) is 27.4. The van der Waals surface area contributed by atoms with Gasteiger partial charge in [-0.3, -0.25) is 4.57 Å². The van der Waals surface area contributed by atoms with Crippen LogP contribution in [0.5, 0.6) is 0 Å². The summed E-state index contributed by atoms with van der Waals surface area (Å²) in [6.45, 7) is 0. The molecule has 0 fully saturated rings. The lowest BCUT2D eigenvalue weighted by molar-refractivity contribution is 1.05. The van der Waals surface area contributed by atoms with Gasteiger partial charge in [-0.2, -0.15) is 0 Å². The Morgan fingerprint density at radius 1 is 0.431 bits per heavy atom. The lowest BCUT2D eigenvalue weighted by Crippen LogP contribution is -2.03. The van der Waals surface area contributed by atoms with Gasteiger partial charge in [0.05, 0.1) is 27.8 Å². The quantitative estimate of drug-likeness (QED) is 0.187. The Morgan fingerprint density at radius 3 is 1.69 bits per heavy atom. The van der Waals surface area contributed by atoms with Gasteiger partial charge < -0.3 is 4.57 Å². The summed E-state index contributed by atoms with van der Waals surface area (Å²) in [6.07, 6.45) is 0. The van der Waals surface area contributed by atoms with Crippen LogP contribution in [0.4, 0.5) is 0 Å². The van der Waals surface area contributed by atoms with Crippen molar-refractivity contribution in [1.29, 1.82) is 0 Å². The number of nitrogens with zero attached hydrogens (tertiary/aromatic N) is 4. The highest BCUT2D eigenvalue weighted by Crippen LogP contribution is 2.51. The molecule has 4 heterocycles. The summed E-state index contributed by atoms with van der Waals surface area (Å²) in [4.78, 5) is 10.5. The van der Waals surface area contributed by atoms with E-state index in [1.165, 1.54) is 52.8 Å². The molecule has 11 rings (SSSR count). The first-order valence-corrected chi connectivity index (χ1v) is 18.0. The molecule has 0 spiro atoms. The lowest BCUT2D eigenvalue weighted by atomic mass is 10.0. The van der Waals surface area contributed by atoms with Gasteiger partial charge in [0.2, 0.25) is 0 Å². The first-order chi connectivity index (χ1) is 25.3. The van der Waals surface area contributed by atoms with Crippen molar-refractivity contribution in [3.05, 3.63) is 170 Å². The number of para-hydroxylation sites is 3. The third kappa shape index (κ3) is 4.13. The standard InChI is InChI=1S/C46H28N4S/c1-4-16-29(17-5-1)35-28-39(48-46(47-35)30-18-6-2-7-19-30)50-37-26-14-11-23-33(37)41-44(50)40-32-22-10-13-25-36(32)49(31-20-8-3-9-21-31)43(40)42-34-24-12-15-27-38(34)51-45(41)42/h1-28H. The van der Waals surface area contributed by atoms with Crippen LogP contribution in [0, 0.1) is 0 Å². The lowest BCUT2D eigenvalue weighted by Gasteiger charge is -2.13. The summed E-state index contributed by atoms with van der Waals surface area (Å²) in [5, 5.41) is 7.47. The highest BCUT2D eigenvalue weighted by atomic mass is 32.1. The van der Waals surface area contributed by atoms with Crippen LogP contribution >= 0.6 is 11.3 Å². The first-order valence-electron chi connectivity index (χ1n) is 17.2. The van der Waals surface area contributed by atoms with Crippen molar-refractivity contribution in [2.24, 2.45) is 0 Å². The molecule has 238 valence electrons. The van der Waals surface area contributed by atoms with Crippen LogP contribution in [0.2, 0.25) is 0 Å². The normalized spacial score (nSPS) is 11.9. The second kappa shape index (κ2) is 11.0. The Kier molecular flexibility index (Phi) is 6.09. The van der Waals surface area contributed by atoms with Crippen molar-refractivity contribution in [2.75, 3.05) is 0 Å². The molecule has 0 unspecified atom stereocenters. The maximum atomic E-state index is 5.40. The van der Waals surface area contributed by atoms with Crippen molar-refractivity contribution in [1.82, 2.24) is 19.1 Å². The van der Waals surface area contributed by atoms with Gasteiger partial charge in [-0.25, -0.2) is 9.97 Å². The van der Waals surface area contributed by atoms with E-state index in [2.05, 4.69) is 155 Å². The Balaban J connectivity index is 1.41. The fraction of sp³-hybridized carbons (Fsp3) is 0. The third-order valence-electron chi connectivity index (χ3n) is 10.1. The van der Waals surface area contributed by atoms with E-state index >= 15 is 0 Å². The van der Waals surface area contributed by atoms with Gasteiger partial charge in [0.15, 0.2) is 5.82 Å². The molecular weight excluding hydrogens is 641 g/mol. The van der Waals surface area contributed by atoms with Crippen LogP contribution in [-0.4, -0.2) is 19.1 Å². The molecule has 11 aromatic rings. The molecule has 0 saturated carbocycles. The predicted molar refractivity (Wildman–Crippen MR) is 214 cm³/mol. The Hall–Kier alpha value is -6.56. The van der Waals surface area contributed by atoms with Gasteiger partial charge in [-0.05, 0) is 30.3 Å². The SMILES string of the molecule is c1ccc(-c2cc(-n3c4ccccc4c4c5sc6ccccc6c5c5c(c6ccccc6n5-c5ccccc5)c43)nc(-c3ccccc3)n2)cc1. The molecule has 0 atom stereocenters. The van der Waals surface area contributed by atoms with E-state index in [4.69, 9.17) is 9.97 Å². The summed E-state index contributed by atoms with van der Waals surface area (Å²) >= 11 is 1.88. The molecule has 51 heavy (non-hydrogen) atoms. The number of hydrogen-bond donors (Lipinski definition) is 0. The smallest absolute Gasteiger partial charge is 0.162 e. The van der Waals surface area contributed by atoms with E-state index in [0.717, 1.165) is 39.4 Å². The van der Waals surface area contributed by atoms with Crippen LogP contribution < -0.4 is 0 Å². The predicted octanol–water partition coefficient (Wildman–Crippen LogP) is 12.4. The fourth-order valence-electron chi connectivity index (χ4n) is 7.98. The van der Waals surface area contributed by atoms with E-state index in [1.54, 1.807) is 0 Å². The number of aromatic nitrogens is 4. The van der Waals surface area contributed by atoms with Gasteiger partial charge in [-0.1, -0.05) is 133 Å². The number of rotatable bonds is 4. The highest BCUT2D eigenvalue weighted by Gasteiger charge is 2.27. The van der Waals surface area contributed by atoms with E-state index in [-0.39, 0.29) is 0 Å². The van der Waals surface area contributed by atoms with Gasteiger partial charge in [0.25, 0.3) is 0 Å². The fourth-order valence-corrected chi connectivity index (χ4v) is 9.25. The van der Waals surface area contributed by atoms with Gasteiger partial charge in [0.1, 0.15) is 5.82 Å². The average Bonchev–Trinajstić information content (AvgIpc) is 3.87. The molecule has 0 aliphatic carbocycles. The van der Waals surface area contributed by atoms with Crippen LogP contribution in [0.15, 0.2) is 170 Å². The Labute approximate surface area is 297 Å². The molecule has 0 radical (unpaired) electrons. The largest absolute Gasteiger partial charge is 0.308 e. The second-order valence-electron chi connectivity index (χ2n) is 13.0. The molecule has 0 aliphatic heterocycles. The van der Waals surface area contributed by atoms with Crippen molar-refractivity contribution in [2.45, 2.75) is 0 Å². The molecular formula is C46H28N4S. The summed E-state index contributed by atoms with van der Waals surface area (Å²) in [6, 6.07) is 60.2. The summed E-state index contributed by atoms with van der Waals surface area (Å²) in [7, 11) is 0. The third-order valence-corrected chi connectivity index (χ3v) is 11.3. The summed E-state index contributed by atoms with van der Waals surface area (Å²) in [5.74, 6) is 1.54. The van der Waals surface area contributed by atoms with Gasteiger partial charge >= 0.3 is 0 Å². The van der Waals surface area contributed by atoms with Crippen LogP contribution in [0.1, 0.15) is 0 Å². The van der Waals surface area contributed by atoms with Crippen molar-refractivity contribution in [3.8, 4) is 34.2 Å². The van der Waals surface area contributed by atoms with E-state index in [0.29, 0.717) is 5.82 Å². The van der Waals surface area contributed by atoms with Crippen LogP contribution in [-0.2, 0) is 0 Å².